The second-order valence-corrected chi connectivity index (χ2v) is 5.80. The fourth-order valence-corrected chi connectivity index (χ4v) is 2.49. The molecule has 0 aromatic heterocycles. The van der Waals surface area contributed by atoms with E-state index in [4.69, 9.17) is 11.6 Å². The summed E-state index contributed by atoms with van der Waals surface area (Å²) in [5, 5.41) is -0.0493. The second-order valence-electron chi connectivity index (χ2n) is 4.57. The summed E-state index contributed by atoms with van der Waals surface area (Å²) in [6, 6.07) is 10.9. The number of rotatable bonds is 4. The van der Waals surface area contributed by atoms with Crippen molar-refractivity contribution in [1.82, 2.24) is 0 Å². The third-order valence-electron chi connectivity index (χ3n) is 3.22. The van der Waals surface area contributed by atoms with E-state index in [9.17, 15) is 9.18 Å². The van der Waals surface area contributed by atoms with E-state index in [-0.39, 0.29) is 22.8 Å². The summed E-state index contributed by atoms with van der Waals surface area (Å²) in [6.07, 6.45) is 0.859. The minimum Gasteiger partial charge on any atom is -0.294 e. The largest absolute Gasteiger partial charge is 0.294 e. The van der Waals surface area contributed by atoms with Crippen molar-refractivity contribution in [3.05, 3.63) is 68.4 Å². The number of Topliss-reactive ketones (excluding diaryl/α,β-unsaturated/α-hetero) is 1. The Bertz CT molecular complexity index is 655. The van der Waals surface area contributed by atoms with Crippen LogP contribution in [0.5, 0.6) is 0 Å². The summed E-state index contributed by atoms with van der Waals surface area (Å²) in [5.74, 6) is -0.893. The molecule has 2 aromatic carbocycles. The van der Waals surface area contributed by atoms with Gasteiger partial charge in [0.15, 0.2) is 11.6 Å². The number of halogens is 3. The van der Waals surface area contributed by atoms with Gasteiger partial charge in [0.25, 0.3) is 0 Å². The van der Waals surface area contributed by atoms with Crippen molar-refractivity contribution >= 4 is 33.3 Å². The smallest absolute Gasteiger partial charge is 0.166 e. The van der Waals surface area contributed by atoms with Gasteiger partial charge in [-0.2, -0.15) is 0 Å². The maximum Gasteiger partial charge on any atom is 0.166 e. The van der Waals surface area contributed by atoms with Crippen molar-refractivity contribution in [3.63, 3.8) is 0 Å². The number of benzene rings is 2. The molecule has 0 aliphatic carbocycles. The lowest BCUT2D eigenvalue weighted by molar-refractivity contribution is 0.0979. The predicted octanol–water partition coefficient (Wildman–Crippen LogP) is 5.37. The lowest BCUT2D eigenvalue weighted by Gasteiger charge is -2.07. The minimum atomic E-state index is -0.657. The highest BCUT2D eigenvalue weighted by atomic mass is 79.9. The molecule has 0 heterocycles. The van der Waals surface area contributed by atoms with Gasteiger partial charge in [-0.25, -0.2) is 4.39 Å². The first-order chi connectivity index (χ1) is 9.50. The predicted molar refractivity (Wildman–Crippen MR) is 82.9 cm³/mol. The summed E-state index contributed by atoms with van der Waals surface area (Å²) < 4.78 is 14.4. The van der Waals surface area contributed by atoms with Gasteiger partial charge in [0, 0.05) is 10.9 Å². The molecule has 0 saturated heterocycles. The lowest BCUT2D eigenvalue weighted by atomic mass is 9.99. The third-order valence-corrected chi connectivity index (χ3v) is 4.48. The van der Waals surface area contributed by atoms with E-state index < -0.39 is 5.82 Å². The minimum absolute atomic E-state index is 0.0479. The van der Waals surface area contributed by atoms with Gasteiger partial charge < -0.3 is 0 Å². The summed E-state index contributed by atoms with van der Waals surface area (Å²) in [5.41, 5.74) is 2.28. The molecule has 0 radical (unpaired) electrons. The molecule has 4 heteroatoms. The number of hydrogen-bond donors (Lipinski definition) is 0. The molecule has 0 aliphatic rings. The highest BCUT2D eigenvalue weighted by Gasteiger charge is 2.16. The molecular weight excluding hydrogens is 343 g/mol. The summed E-state index contributed by atoms with van der Waals surface area (Å²) in [7, 11) is 0. The van der Waals surface area contributed by atoms with E-state index in [1.807, 2.05) is 31.2 Å². The molecule has 0 spiro atoms. The molecule has 20 heavy (non-hydrogen) atoms. The van der Waals surface area contributed by atoms with Crippen molar-refractivity contribution in [1.29, 1.82) is 0 Å². The van der Waals surface area contributed by atoms with Crippen LogP contribution in [0.15, 0.2) is 40.9 Å². The maximum absolute atomic E-state index is 13.9. The van der Waals surface area contributed by atoms with Crippen LogP contribution in [0.2, 0.25) is 5.02 Å². The van der Waals surface area contributed by atoms with Gasteiger partial charge in [-0.05, 0) is 52.5 Å². The van der Waals surface area contributed by atoms with E-state index in [0.717, 1.165) is 11.1 Å². The Hall–Kier alpha value is -1.19. The molecular formula is C16H13BrClFO. The second kappa shape index (κ2) is 6.51. The fraction of sp³-hybridized carbons (Fsp3) is 0.188. The molecule has 2 aromatic rings. The normalized spacial score (nSPS) is 10.6. The molecule has 0 N–H and O–H groups in total. The van der Waals surface area contributed by atoms with Crippen LogP contribution >= 0.6 is 27.5 Å². The summed E-state index contributed by atoms with van der Waals surface area (Å²) in [6.45, 7) is 2.00. The maximum atomic E-state index is 13.9. The molecule has 0 bridgehead atoms. The Morgan fingerprint density at radius 2 is 1.95 bits per heavy atom. The van der Waals surface area contributed by atoms with Crippen LogP contribution < -0.4 is 0 Å². The SMILES string of the molecule is Cc1ccccc1CCC(=O)c1ccc(Br)c(Cl)c1F. The standard InChI is InChI=1S/C16H13BrClFO/c1-10-4-2-3-5-11(10)6-9-14(20)12-7-8-13(17)15(18)16(12)19/h2-5,7-8H,6,9H2,1H3. The van der Waals surface area contributed by atoms with Gasteiger partial charge in [0.1, 0.15) is 0 Å². The van der Waals surface area contributed by atoms with Crippen molar-refractivity contribution < 1.29 is 9.18 Å². The van der Waals surface area contributed by atoms with Crippen LogP contribution in [0, 0.1) is 12.7 Å². The van der Waals surface area contributed by atoms with Crippen LogP contribution in [0.25, 0.3) is 0 Å². The van der Waals surface area contributed by atoms with Crippen molar-refractivity contribution in [2.75, 3.05) is 0 Å². The van der Waals surface area contributed by atoms with E-state index in [1.165, 1.54) is 6.07 Å². The van der Waals surface area contributed by atoms with Crippen molar-refractivity contribution in [3.8, 4) is 0 Å². The van der Waals surface area contributed by atoms with Crippen LogP contribution in [0.1, 0.15) is 27.9 Å². The van der Waals surface area contributed by atoms with Crippen LogP contribution in [-0.4, -0.2) is 5.78 Å². The van der Waals surface area contributed by atoms with Gasteiger partial charge in [-0.1, -0.05) is 35.9 Å². The first-order valence-corrected chi connectivity index (χ1v) is 7.39. The first kappa shape index (κ1) is 15.2. The highest BCUT2D eigenvalue weighted by molar-refractivity contribution is 9.10. The first-order valence-electron chi connectivity index (χ1n) is 6.22. The van der Waals surface area contributed by atoms with Gasteiger partial charge in [-0.15, -0.1) is 0 Å². The monoisotopic (exact) mass is 354 g/mol. The molecule has 0 amide bonds. The van der Waals surface area contributed by atoms with Gasteiger partial charge >= 0.3 is 0 Å². The van der Waals surface area contributed by atoms with Crippen molar-refractivity contribution in [2.24, 2.45) is 0 Å². The fourth-order valence-electron chi connectivity index (χ4n) is 2.01. The number of carbonyl (C=O) groups excluding carboxylic acids is 1. The van der Waals surface area contributed by atoms with Gasteiger partial charge in [0.2, 0.25) is 0 Å². The van der Waals surface area contributed by atoms with Crippen molar-refractivity contribution in [2.45, 2.75) is 19.8 Å². The van der Waals surface area contributed by atoms with Gasteiger partial charge in [-0.3, -0.25) is 4.79 Å². The average Bonchev–Trinajstić information content (AvgIpc) is 2.44. The van der Waals surface area contributed by atoms with E-state index >= 15 is 0 Å². The number of aryl methyl sites for hydroxylation is 2. The van der Waals surface area contributed by atoms with E-state index in [2.05, 4.69) is 15.9 Å². The molecule has 2 rings (SSSR count). The Labute approximate surface area is 130 Å². The molecule has 104 valence electrons. The Morgan fingerprint density at radius 1 is 1.25 bits per heavy atom. The molecule has 0 saturated carbocycles. The quantitative estimate of drug-likeness (QED) is 0.532. The van der Waals surface area contributed by atoms with E-state index in [1.54, 1.807) is 6.07 Å². The third kappa shape index (κ3) is 3.28. The number of carbonyl (C=O) groups is 1. The topological polar surface area (TPSA) is 17.1 Å². The lowest BCUT2D eigenvalue weighted by Crippen LogP contribution is -2.05. The zero-order valence-corrected chi connectivity index (χ0v) is 13.3. The number of hydrogen-bond acceptors (Lipinski definition) is 1. The highest BCUT2D eigenvalue weighted by Crippen LogP contribution is 2.28. The zero-order valence-electron chi connectivity index (χ0n) is 10.9. The summed E-state index contributed by atoms with van der Waals surface area (Å²) >= 11 is 8.93. The zero-order chi connectivity index (χ0) is 14.7. The molecule has 0 atom stereocenters. The molecule has 0 fully saturated rings. The Morgan fingerprint density at radius 3 is 2.65 bits per heavy atom. The van der Waals surface area contributed by atoms with Gasteiger partial charge in [0.05, 0.1) is 10.6 Å². The van der Waals surface area contributed by atoms with Crippen LogP contribution in [0.3, 0.4) is 0 Å². The Balaban J connectivity index is 2.14. The average molecular weight is 356 g/mol. The van der Waals surface area contributed by atoms with Crippen LogP contribution in [0.4, 0.5) is 4.39 Å². The molecule has 0 unspecified atom stereocenters. The Kier molecular flexibility index (Phi) is 4.95. The number of ketones is 1. The van der Waals surface area contributed by atoms with Crippen LogP contribution in [-0.2, 0) is 6.42 Å². The molecule has 1 nitrogen and oxygen atoms in total. The summed E-state index contributed by atoms with van der Waals surface area (Å²) in [4.78, 5) is 12.1. The molecule has 0 aliphatic heterocycles. The van der Waals surface area contributed by atoms with E-state index in [0.29, 0.717) is 10.9 Å².